The fourth-order valence-corrected chi connectivity index (χ4v) is 4.86. The molecule has 0 saturated heterocycles. The molecule has 0 spiro atoms. The molecule has 1 unspecified atom stereocenters. The number of Topliss-reactive ketones (excluding diaryl/α,β-unsaturated/α-hetero) is 1. The van der Waals surface area contributed by atoms with Crippen molar-refractivity contribution in [2.75, 3.05) is 20.3 Å². The zero-order valence-electron chi connectivity index (χ0n) is 19.8. The second-order valence-corrected chi connectivity index (χ2v) is 9.46. The number of rotatable bonds is 6. The van der Waals surface area contributed by atoms with Gasteiger partial charge in [0.2, 0.25) is 0 Å². The highest BCUT2D eigenvalue weighted by Gasteiger charge is 2.43. The minimum absolute atomic E-state index is 0.0425. The van der Waals surface area contributed by atoms with E-state index in [0.717, 1.165) is 22.4 Å². The molecular weight excluding hydrogens is 426 g/mol. The van der Waals surface area contributed by atoms with Crippen LogP contribution in [0.3, 0.4) is 0 Å². The Bertz CT molecular complexity index is 1200. The number of ketones is 1. The lowest BCUT2D eigenvalue weighted by molar-refractivity contribution is -0.136. The third-order valence-corrected chi connectivity index (χ3v) is 6.31. The van der Waals surface area contributed by atoms with Crippen LogP contribution in [0.4, 0.5) is 0 Å². The maximum absolute atomic E-state index is 13.4. The van der Waals surface area contributed by atoms with Crippen LogP contribution >= 0.6 is 0 Å². The van der Waals surface area contributed by atoms with Gasteiger partial charge in [0.1, 0.15) is 6.61 Å². The highest BCUT2D eigenvalue weighted by molar-refractivity contribution is 6.04. The van der Waals surface area contributed by atoms with Gasteiger partial charge in [-0.3, -0.25) is 4.79 Å². The van der Waals surface area contributed by atoms with Crippen LogP contribution in [-0.4, -0.2) is 32.1 Å². The van der Waals surface area contributed by atoms with E-state index >= 15 is 0 Å². The van der Waals surface area contributed by atoms with Crippen LogP contribution in [-0.2, 0) is 19.1 Å². The third kappa shape index (κ3) is 4.69. The van der Waals surface area contributed by atoms with E-state index in [1.54, 1.807) is 0 Å². The van der Waals surface area contributed by atoms with E-state index in [1.807, 2.05) is 54.6 Å². The van der Waals surface area contributed by atoms with E-state index in [4.69, 9.17) is 15.9 Å². The third-order valence-electron chi connectivity index (χ3n) is 6.31. The lowest BCUT2D eigenvalue weighted by Crippen LogP contribution is -2.40. The maximum Gasteiger partial charge on any atom is 0.336 e. The Balaban J connectivity index is 1.83. The average Bonchev–Trinajstić information content (AvgIpc) is 2.83. The molecule has 0 fully saturated rings. The summed E-state index contributed by atoms with van der Waals surface area (Å²) < 4.78 is 10.8. The van der Waals surface area contributed by atoms with Crippen molar-refractivity contribution >= 4 is 11.8 Å². The number of hydrogen-bond acceptors (Lipinski definition) is 5. The Morgan fingerprint density at radius 3 is 2.41 bits per heavy atom. The number of hydrogen-bond donors (Lipinski definition) is 1. The molecule has 4 rings (SSSR count). The van der Waals surface area contributed by atoms with Crippen molar-refractivity contribution in [3.05, 3.63) is 82.7 Å². The fraction of sp³-hybridized carbons (Fsp3) is 0.310. The first-order valence-electron chi connectivity index (χ1n) is 11.4. The first kappa shape index (κ1) is 23.5. The van der Waals surface area contributed by atoms with Crippen molar-refractivity contribution in [2.45, 2.75) is 32.6 Å². The van der Waals surface area contributed by atoms with Gasteiger partial charge in [-0.25, -0.2) is 4.79 Å². The minimum Gasteiger partial charge on any atom is -0.466 e. The lowest BCUT2D eigenvalue weighted by atomic mass is 9.68. The summed E-state index contributed by atoms with van der Waals surface area (Å²) in [6.45, 7) is 4.40. The molecule has 0 aromatic heterocycles. The summed E-state index contributed by atoms with van der Waals surface area (Å²) in [5.41, 5.74) is 5.28. The van der Waals surface area contributed by atoms with Crippen molar-refractivity contribution in [3.8, 4) is 23.5 Å². The van der Waals surface area contributed by atoms with Crippen molar-refractivity contribution < 1.29 is 19.1 Å². The first-order valence-corrected chi connectivity index (χ1v) is 11.4. The number of methoxy groups -OCH3 is 1. The topological polar surface area (TPSA) is 64.6 Å². The van der Waals surface area contributed by atoms with Crippen LogP contribution in [0.15, 0.2) is 77.1 Å². The molecular formula is C29H29NO4. The molecule has 34 heavy (non-hydrogen) atoms. The molecule has 2 aromatic rings. The highest BCUT2D eigenvalue weighted by Crippen LogP contribution is 2.47. The van der Waals surface area contributed by atoms with Gasteiger partial charge in [-0.15, -0.1) is 6.42 Å². The van der Waals surface area contributed by atoms with E-state index in [9.17, 15) is 9.59 Å². The summed E-state index contributed by atoms with van der Waals surface area (Å²) in [6, 6.07) is 18.1. The van der Waals surface area contributed by atoms with Crippen LogP contribution in [0.5, 0.6) is 0 Å². The predicted molar refractivity (Wildman–Crippen MR) is 131 cm³/mol. The zero-order valence-corrected chi connectivity index (χ0v) is 19.8. The molecule has 2 aromatic carbocycles. The van der Waals surface area contributed by atoms with Gasteiger partial charge in [-0.1, -0.05) is 74.4 Å². The maximum atomic E-state index is 13.4. The standard InChI is InChI=1S/C29H29NO4/c1-5-15-34-18-23-27(28(32)33-4)25(26-22(30-23)16-29(2,3)17-24(26)31)21-13-11-20(12-14-21)19-9-7-6-8-10-19/h1,6-14,25,30H,15-18H2,2-4H3. The van der Waals surface area contributed by atoms with E-state index in [0.29, 0.717) is 29.7 Å². The van der Waals surface area contributed by atoms with Crippen molar-refractivity contribution in [3.63, 3.8) is 0 Å². The summed E-state index contributed by atoms with van der Waals surface area (Å²) in [6.07, 6.45) is 6.46. The van der Waals surface area contributed by atoms with E-state index in [-0.39, 0.29) is 24.4 Å². The van der Waals surface area contributed by atoms with Gasteiger partial charge in [0.05, 0.1) is 25.0 Å². The second kappa shape index (κ2) is 9.70. The van der Waals surface area contributed by atoms with E-state index in [1.165, 1.54) is 7.11 Å². The minimum atomic E-state index is -0.540. The molecule has 0 radical (unpaired) electrons. The Morgan fingerprint density at radius 1 is 1.09 bits per heavy atom. The van der Waals surface area contributed by atoms with Crippen molar-refractivity contribution in [2.24, 2.45) is 5.41 Å². The molecule has 0 bridgehead atoms. The van der Waals surface area contributed by atoms with E-state index < -0.39 is 11.9 Å². The molecule has 174 valence electrons. The average molecular weight is 456 g/mol. The van der Waals surface area contributed by atoms with Gasteiger partial charge < -0.3 is 14.8 Å². The van der Waals surface area contributed by atoms with Gasteiger partial charge in [0.25, 0.3) is 0 Å². The Labute approximate surface area is 200 Å². The number of esters is 1. The molecule has 2 aliphatic rings. The summed E-state index contributed by atoms with van der Waals surface area (Å²) in [4.78, 5) is 26.5. The van der Waals surface area contributed by atoms with Crippen LogP contribution < -0.4 is 5.32 Å². The number of benzene rings is 2. The van der Waals surface area contributed by atoms with Gasteiger partial charge >= 0.3 is 5.97 Å². The van der Waals surface area contributed by atoms with Crippen LogP contribution in [0.2, 0.25) is 0 Å². The fourth-order valence-electron chi connectivity index (χ4n) is 4.86. The highest BCUT2D eigenvalue weighted by atomic mass is 16.5. The normalized spacial score (nSPS) is 19.2. The Hall–Kier alpha value is -3.62. The number of allylic oxidation sites excluding steroid dienone is 2. The molecule has 5 heteroatoms. The first-order chi connectivity index (χ1) is 16.3. The van der Waals surface area contributed by atoms with Crippen LogP contribution in [0.25, 0.3) is 11.1 Å². The van der Waals surface area contributed by atoms with Gasteiger partial charge in [0.15, 0.2) is 5.78 Å². The monoisotopic (exact) mass is 455 g/mol. The second-order valence-electron chi connectivity index (χ2n) is 9.46. The number of carbonyl (C=O) groups is 2. The molecule has 1 N–H and O–H groups in total. The molecule has 0 amide bonds. The van der Waals surface area contributed by atoms with Crippen molar-refractivity contribution in [1.29, 1.82) is 0 Å². The summed E-state index contributed by atoms with van der Waals surface area (Å²) in [5.74, 6) is 1.46. The summed E-state index contributed by atoms with van der Waals surface area (Å²) in [7, 11) is 1.35. The number of ether oxygens (including phenoxy) is 2. The zero-order chi connectivity index (χ0) is 24.3. The Morgan fingerprint density at radius 2 is 1.76 bits per heavy atom. The molecule has 5 nitrogen and oxygen atoms in total. The summed E-state index contributed by atoms with van der Waals surface area (Å²) >= 11 is 0. The lowest BCUT2D eigenvalue weighted by Gasteiger charge is -2.39. The molecule has 1 atom stereocenters. The molecule has 1 aliphatic heterocycles. The largest absolute Gasteiger partial charge is 0.466 e. The summed E-state index contributed by atoms with van der Waals surface area (Å²) in [5, 5.41) is 3.35. The number of terminal acetylenes is 1. The Kier molecular flexibility index (Phi) is 6.72. The smallest absolute Gasteiger partial charge is 0.336 e. The molecule has 1 heterocycles. The molecule has 0 saturated carbocycles. The van der Waals surface area contributed by atoms with Crippen LogP contribution in [0.1, 0.15) is 38.2 Å². The number of nitrogens with one attached hydrogen (secondary N) is 1. The van der Waals surface area contributed by atoms with Gasteiger partial charge in [-0.2, -0.15) is 0 Å². The molecule has 1 aliphatic carbocycles. The van der Waals surface area contributed by atoms with E-state index in [2.05, 4.69) is 25.1 Å². The van der Waals surface area contributed by atoms with Gasteiger partial charge in [0, 0.05) is 23.6 Å². The SMILES string of the molecule is C#CCOCC1=C(C(=O)OC)C(c2ccc(-c3ccccc3)cc2)C2=C(CC(C)(C)CC2=O)N1. The number of carbonyl (C=O) groups excluding carboxylic acids is 2. The van der Waals surface area contributed by atoms with Crippen molar-refractivity contribution in [1.82, 2.24) is 5.32 Å². The number of dihydropyridines is 1. The van der Waals surface area contributed by atoms with Gasteiger partial charge in [-0.05, 0) is 28.5 Å². The van der Waals surface area contributed by atoms with Crippen LogP contribution in [0, 0.1) is 17.8 Å². The predicted octanol–water partition coefficient (Wildman–Crippen LogP) is 4.76. The quantitative estimate of drug-likeness (QED) is 0.387.